The second-order valence-corrected chi connectivity index (χ2v) is 7.13. The monoisotopic (exact) mass is 402 g/mol. The summed E-state index contributed by atoms with van der Waals surface area (Å²) in [5, 5.41) is 5.84. The zero-order valence-corrected chi connectivity index (χ0v) is 16.7. The van der Waals surface area contributed by atoms with Crippen molar-refractivity contribution in [3.8, 4) is 28.3 Å². The van der Waals surface area contributed by atoms with Gasteiger partial charge in [0.05, 0.1) is 17.5 Å². The molecule has 0 aliphatic rings. The van der Waals surface area contributed by atoms with Gasteiger partial charge in [0.25, 0.3) is 0 Å². The van der Waals surface area contributed by atoms with E-state index in [1.54, 1.807) is 12.1 Å². The Balaban J connectivity index is 1.58. The Morgan fingerprint density at radius 2 is 1.77 bits per heavy atom. The van der Waals surface area contributed by atoms with Crippen LogP contribution in [0, 0.1) is 0 Å². The van der Waals surface area contributed by atoms with Crippen LogP contribution in [0.15, 0.2) is 76.0 Å². The molecule has 0 saturated carbocycles. The number of ether oxygens (including phenoxy) is 1. The summed E-state index contributed by atoms with van der Waals surface area (Å²) in [6.07, 6.45) is 0.139. The van der Waals surface area contributed by atoms with Gasteiger partial charge in [-0.15, -0.1) is 0 Å². The molecule has 0 spiro atoms. The van der Waals surface area contributed by atoms with Gasteiger partial charge in [-0.25, -0.2) is 4.79 Å². The highest BCUT2D eigenvalue weighted by Crippen LogP contribution is 2.30. The van der Waals surface area contributed by atoms with Crippen molar-refractivity contribution in [2.45, 2.75) is 20.0 Å². The van der Waals surface area contributed by atoms with Crippen molar-refractivity contribution in [2.75, 3.05) is 11.1 Å². The molecule has 4 rings (SSSR count). The molecule has 0 aliphatic heterocycles. The second kappa shape index (κ2) is 8.16. The molecule has 0 unspecified atom stereocenters. The van der Waals surface area contributed by atoms with E-state index in [1.807, 2.05) is 68.4 Å². The third kappa shape index (κ3) is 4.35. The minimum atomic E-state index is -0.672. The molecule has 0 radical (unpaired) electrons. The van der Waals surface area contributed by atoms with Crippen molar-refractivity contribution in [1.29, 1.82) is 0 Å². The van der Waals surface area contributed by atoms with Crippen LogP contribution in [0.25, 0.3) is 22.5 Å². The van der Waals surface area contributed by atoms with E-state index < -0.39 is 5.76 Å². The van der Waals surface area contributed by atoms with Crippen LogP contribution in [0.2, 0.25) is 0 Å². The smallest absolute Gasteiger partial charge is 0.460 e. The molecule has 0 saturated heterocycles. The van der Waals surface area contributed by atoms with Gasteiger partial charge in [-0.2, -0.15) is 10.1 Å². The van der Waals surface area contributed by atoms with Gasteiger partial charge in [-0.05, 0) is 67.4 Å². The summed E-state index contributed by atoms with van der Waals surface area (Å²) in [6, 6.07) is 21.4. The number of rotatable bonds is 6. The number of aromatic nitrogens is 2. The lowest BCUT2D eigenvalue weighted by Crippen LogP contribution is -2.05. The van der Waals surface area contributed by atoms with Crippen LogP contribution in [0.4, 0.5) is 17.1 Å². The van der Waals surface area contributed by atoms with Gasteiger partial charge < -0.3 is 20.3 Å². The molecule has 1 heterocycles. The van der Waals surface area contributed by atoms with Gasteiger partial charge in [0, 0.05) is 11.3 Å². The summed E-state index contributed by atoms with van der Waals surface area (Å²) in [4.78, 5) is 15.0. The lowest BCUT2D eigenvalue weighted by molar-refractivity contribution is 0.242. The van der Waals surface area contributed by atoms with Gasteiger partial charge in [0.2, 0.25) is 0 Å². The molecule has 0 bridgehead atoms. The molecule has 0 fully saturated rings. The largest absolute Gasteiger partial charge is 0.491 e. The minimum absolute atomic E-state index is 0.139. The van der Waals surface area contributed by atoms with Gasteiger partial charge in [0.1, 0.15) is 5.75 Å². The number of H-pyrrole nitrogens is 1. The second-order valence-electron chi connectivity index (χ2n) is 7.13. The molecule has 0 amide bonds. The van der Waals surface area contributed by atoms with Crippen LogP contribution in [0.3, 0.4) is 0 Å². The Labute approximate surface area is 173 Å². The highest BCUT2D eigenvalue weighted by Gasteiger charge is 2.09. The van der Waals surface area contributed by atoms with Crippen molar-refractivity contribution in [3.63, 3.8) is 0 Å². The molecule has 0 atom stereocenters. The Kier molecular flexibility index (Phi) is 5.26. The highest BCUT2D eigenvalue weighted by molar-refractivity contribution is 5.79. The molecule has 3 aromatic carbocycles. The predicted molar refractivity (Wildman–Crippen MR) is 118 cm³/mol. The molecule has 7 nitrogen and oxygen atoms in total. The lowest BCUT2D eigenvalue weighted by atomic mass is 10.0. The first-order valence-electron chi connectivity index (χ1n) is 9.57. The molecule has 0 aliphatic carbocycles. The van der Waals surface area contributed by atoms with Crippen LogP contribution in [0.5, 0.6) is 5.75 Å². The first-order chi connectivity index (χ1) is 14.5. The van der Waals surface area contributed by atoms with E-state index in [0.717, 1.165) is 22.6 Å². The van der Waals surface area contributed by atoms with E-state index in [4.69, 9.17) is 10.5 Å². The van der Waals surface area contributed by atoms with E-state index in [9.17, 15) is 4.79 Å². The average molecular weight is 402 g/mol. The van der Waals surface area contributed by atoms with Crippen LogP contribution in [0.1, 0.15) is 13.8 Å². The Morgan fingerprint density at radius 1 is 1.00 bits per heavy atom. The summed E-state index contributed by atoms with van der Waals surface area (Å²) in [5.41, 5.74) is 11.1. The quantitative estimate of drug-likeness (QED) is 0.400. The van der Waals surface area contributed by atoms with Crippen molar-refractivity contribution < 1.29 is 9.26 Å². The average Bonchev–Trinajstić information content (AvgIpc) is 3.16. The van der Waals surface area contributed by atoms with Crippen molar-refractivity contribution in [2.24, 2.45) is 0 Å². The molecule has 4 N–H and O–H groups in total. The first kappa shape index (κ1) is 19.3. The normalized spacial score (nSPS) is 10.9. The lowest BCUT2D eigenvalue weighted by Gasteiger charge is -2.13. The van der Waals surface area contributed by atoms with E-state index in [-0.39, 0.29) is 6.10 Å². The summed E-state index contributed by atoms with van der Waals surface area (Å²) in [6.45, 7) is 4.01. The standard InChI is InChI=1S/C23H22N4O3/c1-14(2)29-19-9-6-15(7-10-19)16-4-3-5-18(12-16)25-21-13-17(8-11-20(21)24)22-26-23(28)30-27-22/h3-14,25H,24H2,1-2H3,(H,26,27,28). The predicted octanol–water partition coefficient (Wildman–Crippen LogP) is 4.81. The van der Waals surface area contributed by atoms with Gasteiger partial charge in [-0.1, -0.05) is 24.3 Å². The minimum Gasteiger partial charge on any atom is -0.491 e. The summed E-state index contributed by atoms with van der Waals surface area (Å²) < 4.78 is 10.4. The number of nitrogens with zero attached hydrogens (tertiary/aromatic N) is 1. The fraction of sp³-hybridized carbons (Fsp3) is 0.130. The first-order valence-corrected chi connectivity index (χ1v) is 9.57. The number of aromatic amines is 1. The third-order valence-electron chi connectivity index (χ3n) is 4.47. The zero-order valence-electron chi connectivity index (χ0n) is 16.7. The molecule has 152 valence electrons. The molecular weight excluding hydrogens is 380 g/mol. The van der Waals surface area contributed by atoms with Crippen molar-refractivity contribution >= 4 is 17.1 Å². The maximum absolute atomic E-state index is 11.2. The van der Waals surface area contributed by atoms with Gasteiger partial charge in [-0.3, -0.25) is 0 Å². The maximum Gasteiger partial charge on any atom is 0.460 e. The van der Waals surface area contributed by atoms with Crippen LogP contribution in [-0.4, -0.2) is 16.2 Å². The number of nitrogens with two attached hydrogens (primary N) is 1. The van der Waals surface area contributed by atoms with Crippen LogP contribution >= 0.6 is 0 Å². The van der Waals surface area contributed by atoms with Gasteiger partial charge in [0.15, 0.2) is 5.82 Å². The number of hydrogen-bond donors (Lipinski definition) is 3. The van der Waals surface area contributed by atoms with Gasteiger partial charge >= 0.3 is 5.76 Å². The maximum atomic E-state index is 11.2. The number of nitrogen functional groups attached to an aromatic ring is 1. The van der Waals surface area contributed by atoms with E-state index in [2.05, 4.69) is 20.0 Å². The van der Waals surface area contributed by atoms with E-state index >= 15 is 0 Å². The third-order valence-corrected chi connectivity index (χ3v) is 4.47. The number of anilines is 3. The van der Waals surface area contributed by atoms with E-state index in [0.29, 0.717) is 22.8 Å². The Hall–Kier alpha value is -4.00. The molecule has 30 heavy (non-hydrogen) atoms. The van der Waals surface area contributed by atoms with E-state index in [1.165, 1.54) is 0 Å². The summed E-state index contributed by atoms with van der Waals surface area (Å²) in [7, 11) is 0. The molecule has 1 aromatic heterocycles. The Morgan fingerprint density at radius 3 is 2.47 bits per heavy atom. The number of hydrogen-bond acceptors (Lipinski definition) is 6. The molecular formula is C23H22N4O3. The SMILES string of the molecule is CC(C)Oc1ccc(-c2cccc(Nc3cc(-c4nc(=O)o[nH]4)ccc3N)c2)cc1. The zero-order chi connectivity index (χ0) is 21.1. The van der Waals surface area contributed by atoms with Crippen LogP contribution < -0.4 is 21.5 Å². The van der Waals surface area contributed by atoms with Crippen molar-refractivity contribution in [1.82, 2.24) is 10.1 Å². The highest BCUT2D eigenvalue weighted by atomic mass is 16.5. The van der Waals surface area contributed by atoms with Crippen molar-refractivity contribution in [3.05, 3.63) is 77.3 Å². The summed E-state index contributed by atoms with van der Waals surface area (Å²) >= 11 is 0. The fourth-order valence-corrected chi connectivity index (χ4v) is 3.09. The number of benzene rings is 3. The van der Waals surface area contributed by atoms with Crippen LogP contribution in [-0.2, 0) is 0 Å². The fourth-order valence-electron chi connectivity index (χ4n) is 3.09. The molecule has 4 aromatic rings. The topological polar surface area (TPSA) is 106 Å². The number of nitrogens with one attached hydrogen (secondary N) is 2. The summed E-state index contributed by atoms with van der Waals surface area (Å²) in [5.74, 6) is 0.521. The Bertz CT molecular complexity index is 1210. The molecule has 7 heteroatoms.